The fourth-order valence-corrected chi connectivity index (χ4v) is 2.92. The second kappa shape index (κ2) is 8.22. The minimum atomic E-state index is -0.217. The highest BCUT2D eigenvalue weighted by atomic mass is 35.5. The second-order valence-electron chi connectivity index (χ2n) is 6.01. The molecule has 6 nitrogen and oxygen atoms in total. The molecule has 3 rings (SSSR count). The van der Waals surface area contributed by atoms with Crippen LogP contribution in [-0.2, 0) is 6.54 Å². The second-order valence-corrected chi connectivity index (χ2v) is 6.44. The van der Waals surface area contributed by atoms with Crippen molar-refractivity contribution in [2.75, 3.05) is 13.2 Å². The molecule has 140 valence electrons. The van der Waals surface area contributed by atoms with E-state index in [9.17, 15) is 9.59 Å². The summed E-state index contributed by atoms with van der Waals surface area (Å²) in [5, 5.41) is 3.46. The van der Waals surface area contributed by atoms with Crippen LogP contribution in [0.25, 0.3) is 11.0 Å². The van der Waals surface area contributed by atoms with Crippen molar-refractivity contribution in [3.05, 3.63) is 69.1 Å². The van der Waals surface area contributed by atoms with Gasteiger partial charge in [-0.15, -0.1) is 0 Å². The van der Waals surface area contributed by atoms with Gasteiger partial charge in [-0.3, -0.25) is 9.59 Å². The molecule has 1 heterocycles. The molecule has 0 saturated carbocycles. The van der Waals surface area contributed by atoms with Crippen molar-refractivity contribution in [1.29, 1.82) is 0 Å². The van der Waals surface area contributed by atoms with Crippen LogP contribution >= 0.6 is 11.6 Å². The van der Waals surface area contributed by atoms with Crippen LogP contribution in [0.4, 0.5) is 0 Å². The number of amides is 1. The average Bonchev–Trinajstić information content (AvgIpc) is 2.67. The highest BCUT2D eigenvalue weighted by molar-refractivity contribution is 6.30. The van der Waals surface area contributed by atoms with Crippen molar-refractivity contribution in [3.63, 3.8) is 0 Å². The van der Waals surface area contributed by atoms with Crippen LogP contribution in [0.5, 0.6) is 5.75 Å². The fraction of sp³-hybridized carbons (Fsp3) is 0.250. The first-order valence-electron chi connectivity index (χ1n) is 8.67. The Morgan fingerprint density at radius 1 is 1.22 bits per heavy atom. The Hall–Kier alpha value is -2.86. The molecule has 27 heavy (non-hydrogen) atoms. The van der Waals surface area contributed by atoms with Gasteiger partial charge in [0.05, 0.1) is 17.6 Å². The summed E-state index contributed by atoms with van der Waals surface area (Å²) < 4.78 is 7.21. The van der Waals surface area contributed by atoms with Crippen molar-refractivity contribution >= 4 is 28.5 Å². The van der Waals surface area contributed by atoms with Gasteiger partial charge in [-0.2, -0.15) is 0 Å². The maximum atomic E-state index is 12.4. The van der Waals surface area contributed by atoms with E-state index in [1.165, 1.54) is 0 Å². The first kappa shape index (κ1) is 18.9. The standard InChI is InChI=1S/C20H20ClN3O3/c1-3-24-18-9-4-14(12-17(18)23-13(2)20(24)26)19(25)22-10-11-27-16-7-5-15(21)6-8-16/h4-9,12H,3,10-11H2,1-2H3,(H,22,25). The van der Waals surface area contributed by atoms with Crippen molar-refractivity contribution in [2.24, 2.45) is 0 Å². The number of aryl methyl sites for hydroxylation is 2. The third-order valence-corrected chi connectivity index (χ3v) is 4.41. The lowest BCUT2D eigenvalue weighted by Crippen LogP contribution is -2.28. The molecule has 0 radical (unpaired) electrons. The SMILES string of the molecule is CCn1c(=O)c(C)nc2cc(C(=O)NCCOc3ccc(Cl)cc3)ccc21. The van der Waals surface area contributed by atoms with E-state index in [4.69, 9.17) is 16.3 Å². The smallest absolute Gasteiger partial charge is 0.272 e. The minimum Gasteiger partial charge on any atom is -0.492 e. The Labute approximate surface area is 161 Å². The van der Waals surface area contributed by atoms with Gasteiger partial charge in [0.1, 0.15) is 18.1 Å². The third kappa shape index (κ3) is 4.28. The van der Waals surface area contributed by atoms with Crippen molar-refractivity contribution in [3.8, 4) is 5.75 Å². The summed E-state index contributed by atoms with van der Waals surface area (Å²) in [6.07, 6.45) is 0. The summed E-state index contributed by atoms with van der Waals surface area (Å²) in [6.45, 7) is 4.83. The molecule has 0 fully saturated rings. The van der Waals surface area contributed by atoms with Crippen molar-refractivity contribution in [2.45, 2.75) is 20.4 Å². The van der Waals surface area contributed by atoms with Crippen LogP contribution in [0.3, 0.4) is 0 Å². The number of carbonyl (C=O) groups excluding carboxylic acids is 1. The summed E-state index contributed by atoms with van der Waals surface area (Å²) in [7, 11) is 0. The van der Waals surface area contributed by atoms with Crippen LogP contribution in [-0.4, -0.2) is 28.6 Å². The lowest BCUT2D eigenvalue weighted by molar-refractivity contribution is 0.0947. The Kier molecular flexibility index (Phi) is 5.76. The molecule has 0 aliphatic carbocycles. The lowest BCUT2D eigenvalue weighted by atomic mass is 10.1. The van der Waals surface area contributed by atoms with E-state index in [-0.39, 0.29) is 11.5 Å². The highest BCUT2D eigenvalue weighted by Crippen LogP contribution is 2.15. The number of nitrogens with one attached hydrogen (secondary N) is 1. The molecule has 0 atom stereocenters. The van der Waals surface area contributed by atoms with Crippen LogP contribution in [0, 0.1) is 6.92 Å². The average molecular weight is 386 g/mol. The number of hydrogen-bond donors (Lipinski definition) is 1. The Morgan fingerprint density at radius 3 is 2.67 bits per heavy atom. The van der Waals surface area contributed by atoms with Crippen LogP contribution < -0.4 is 15.6 Å². The first-order chi connectivity index (χ1) is 13.0. The largest absolute Gasteiger partial charge is 0.492 e. The van der Waals surface area contributed by atoms with Crippen LogP contribution in [0.1, 0.15) is 23.0 Å². The van der Waals surface area contributed by atoms with E-state index in [0.29, 0.717) is 47.2 Å². The van der Waals surface area contributed by atoms with Gasteiger partial charge >= 0.3 is 0 Å². The van der Waals surface area contributed by atoms with Gasteiger partial charge in [0.2, 0.25) is 0 Å². The molecule has 0 unspecified atom stereocenters. The maximum Gasteiger partial charge on any atom is 0.272 e. The van der Waals surface area contributed by atoms with E-state index in [1.807, 2.05) is 6.92 Å². The van der Waals surface area contributed by atoms with E-state index in [0.717, 1.165) is 5.52 Å². The lowest BCUT2D eigenvalue weighted by Gasteiger charge is -2.11. The summed E-state index contributed by atoms with van der Waals surface area (Å²) >= 11 is 5.82. The van der Waals surface area contributed by atoms with Crippen molar-refractivity contribution in [1.82, 2.24) is 14.9 Å². The normalized spacial score (nSPS) is 10.8. The number of fused-ring (bicyclic) bond motifs is 1. The predicted octanol–water partition coefficient (Wildman–Crippen LogP) is 3.19. The van der Waals surface area contributed by atoms with Gasteiger partial charge in [0, 0.05) is 17.1 Å². The molecule has 1 aromatic heterocycles. The van der Waals surface area contributed by atoms with Gasteiger partial charge in [-0.25, -0.2) is 4.98 Å². The molecule has 2 aromatic carbocycles. The number of rotatable bonds is 6. The molecule has 0 bridgehead atoms. The molecular weight excluding hydrogens is 366 g/mol. The molecule has 0 saturated heterocycles. The number of ether oxygens (including phenoxy) is 1. The Bertz CT molecular complexity index is 1030. The fourth-order valence-electron chi connectivity index (χ4n) is 2.80. The molecular formula is C20H20ClN3O3. The van der Waals surface area contributed by atoms with Crippen molar-refractivity contribution < 1.29 is 9.53 Å². The third-order valence-electron chi connectivity index (χ3n) is 4.16. The van der Waals surface area contributed by atoms with Gasteiger partial charge in [-0.1, -0.05) is 11.6 Å². The number of nitrogens with zero attached hydrogens (tertiary/aromatic N) is 2. The van der Waals surface area contributed by atoms with Gasteiger partial charge in [-0.05, 0) is 56.3 Å². The molecule has 1 amide bonds. The zero-order valence-electron chi connectivity index (χ0n) is 15.2. The molecule has 7 heteroatoms. The number of halogens is 1. The van der Waals surface area contributed by atoms with Gasteiger partial charge < -0.3 is 14.6 Å². The summed E-state index contributed by atoms with van der Waals surface area (Å²) in [5.74, 6) is 0.474. The van der Waals surface area contributed by atoms with Gasteiger partial charge in [0.25, 0.3) is 11.5 Å². The number of hydrogen-bond acceptors (Lipinski definition) is 4. The van der Waals surface area contributed by atoms with Gasteiger partial charge in [0.15, 0.2) is 0 Å². The molecule has 0 aliphatic heterocycles. The quantitative estimate of drug-likeness (QED) is 0.661. The monoisotopic (exact) mass is 385 g/mol. The predicted molar refractivity (Wildman–Crippen MR) is 106 cm³/mol. The topological polar surface area (TPSA) is 73.2 Å². The minimum absolute atomic E-state index is 0.110. The van der Waals surface area contributed by atoms with E-state index >= 15 is 0 Å². The van der Waals surface area contributed by atoms with Crippen LogP contribution in [0.15, 0.2) is 47.3 Å². The van der Waals surface area contributed by atoms with Crippen LogP contribution in [0.2, 0.25) is 5.02 Å². The summed E-state index contributed by atoms with van der Waals surface area (Å²) in [6, 6.07) is 12.2. The number of benzene rings is 2. The summed E-state index contributed by atoms with van der Waals surface area (Å²) in [4.78, 5) is 28.8. The molecule has 1 N–H and O–H groups in total. The molecule has 3 aromatic rings. The number of aromatic nitrogens is 2. The zero-order chi connectivity index (χ0) is 19.4. The van der Waals surface area contributed by atoms with E-state index < -0.39 is 0 Å². The maximum absolute atomic E-state index is 12.4. The first-order valence-corrected chi connectivity index (χ1v) is 9.05. The Morgan fingerprint density at radius 2 is 1.96 bits per heavy atom. The van der Waals surface area contributed by atoms with E-state index in [1.54, 1.807) is 54.0 Å². The summed E-state index contributed by atoms with van der Waals surface area (Å²) in [5.41, 5.74) is 2.14. The highest BCUT2D eigenvalue weighted by Gasteiger charge is 2.11. The zero-order valence-corrected chi connectivity index (χ0v) is 15.9. The molecule has 0 spiro atoms. The Balaban J connectivity index is 1.66. The number of carbonyl (C=O) groups is 1. The van der Waals surface area contributed by atoms with E-state index in [2.05, 4.69) is 10.3 Å². The molecule has 0 aliphatic rings.